The Balaban J connectivity index is 2.27. The van der Waals surface area contributed by atoms with Gasteiger partial charge in [-0.2, -0.15) is 4.31 Å². The third kappa shape index (κ3) is 3.13. The Hall–Kier alpha value is -0.980. The lowest BCUT2D eigenvalue weighted by molar-refractivity contribution is 0.198. The summed E-state index contributed by atoms with van der Waals surface area (Å²) in [5.41, 5.74) is 0. The highest BCUT2D eigenvalue weighted by Crippen LogP contribution is 2.30. The van der Waals surface area contributed by atoms with Crippen molar-refractivity contribution in [1.29, 1.82) is 0 Å². The van der Waals surface area contributed by atoms with Gasteiger partial charge in [0, 0.05) is 19.2 Å². The molecule has 0 bridgehead atoms. The predicted molar refractivity (Wildman–Crippen MR) is 69.6 cm³/mol. The molecule has 0 unspecified atom stereocenters. The first-order valence-electron chi connectivity index (χ1n) is 6.44. The number of benzene rings is 1. The molecule has 0 spiro atoms. The van der Waals surface area contributed by atoms with Gasteiger partial charge in [0.15, 0.2) is 0 Å². The third-order valence-electron chi connectivity index (χ3n) is 3.42. The van der Waals surface area contributed by atoms with Gasteiger partial charge in [0.1, 0.15) is 5.82 Å². The number of aliphatic hydroxyl groups is 1. The minimum atomic E-state index is -3.67. The van der Waals surface area contributed by atoms with Crippen molar-refractivity contribution in [1.82, 2.24) is 4.31 Å². The van der Waals surface area contributed by atoms with E-state index >= 15 is 0 Å². The maximum atomic E-state index is 13.2. The number of rotatable bonds is 6. The summed E-state index contributed by atoms with van der Waals surface area (Å²) in [6.45, 7) is 0.224. The molecule has 1 aliphatic rings. The lowest BCUT2D eigenvalue weighted by Crippen LogP contribution is -2.44. The van der Waals surface area contributed by atoms with Crippen LogP contribution in [0.15, 0.2) is 29.2 Å². The van der Waals surface area contributed by atoms with Crippen LogP contribution in [0.2, 0.25) is 0 Å². The molecule has 0 aromatic heterocycles. The average molecular weight is 287 g/mol. The fraction of sp³-hybridized carbons (Fsp3) is 0.538. The van der Waals surface area contributed by atoms with Crippen LogP contribution in [-0.2, 0) is 10.0 Å². The Bertz CT molecular complexity index is 528. The van der Waals surface area contributed by atoms with Gasteiger partial charge in [-0.15, -0.1) is 0 Å². The van der Waals surface area contributed by atoms with E-state index in [0.717, 1.165) is 25.3 Å². The van der Waals surface area contributed by atoms with Crippen LogP contribution >= 0.6 is 0 Å². The summed E-state index contributed by atoms with van der Waals surface area (Å²) in [7, 11) is -3.67. The van der Waals surface area contributed by atoms with Gasteiger partial charge in [-0.05, 0) is 37.5 Å². The topological polar surface area (TPSA) is 57.6 Å². The minimum absolute atomic E-state index is 0.0141. The third-order valence-corrected chi connectivity index (χ3v) is 5.37. The van der Waals surface area contributed by atoms with E-state index in [2.05, 4.69) is 0 Å². The van der Waals surface area contributed by atoms with E-state index in [4.69, 9.17) is 5.11 Å². The monoisotopic (exact) mass is 287 g/mol. The van der Waals surface area contributed by atoms with Gasteiger partial charge in [-0.3, -0.25) is 0 Å². The second kappa shape index (κ2) is 5.98. The van der Waals surface area contributed by atoms with Crippen molar-refractivity contribution in [2.45, 2.75) is 36.6 Å². The number of hydrogen-bond acceptors (Lipinski definition) is 3. The van der Waals surface area contributed by atoms with E-state index in [-0.39, 0.29) is 24.1 Å². The Kier molecular flexibility index (Phi) is 4.54. The summed E-state index contributed by atoms with van der Waals surface area (Å²) >= 11 is 0. The summed E-state index contributed by atoms with van der Waals surface area (Å²) in [6.07, 6.45) is 3.07. The molecule has 2 rings (SSSR count). The first-order chi connectivity index (χ1) is 9.05. The second-order valence-corrected chi connectivity index (χ2v) is 6.63. The zero-order chi connectivity index (χ0) is 13.9. The molecule has 4 nitrogen and oxygen atoms in total. The zero-order valence-electron chi connectivity index (χ0n) is 10.6. The summed E-state index contributed by atoms with van der Waals surface area (Å²) in [5, 5.41) is 8.89. The molecule has 0 aliphatic heterocycles. The maximum absolute atomic E-state index is 13.2. The second-order valence-electron chi connectivity index (χ2n) is 4.74. The van der Waals surface area contributed by atoms with Crippen LogP contribution in [-0.4, -0.2) is 37.0 Å². The van der Waals surface area contributed by atoms with Crippen LogP contribution < -0.4 is 0 Å². The van der Waals surface area contributed by atoms with E-state index in [1.165, 1.54) is 22.5 Å². The molecular weight excluding hydrogens is 269 g/mol. The van der Waals surface area contributed by atoms with Gasteiger partial charge < -0.3 is 5.11 Å². The van der Waals surface area contributed by atoms with Gasteiger partial charge in [0.2, 0.25) is 10.0 Å². The SMILES string of the molecule is O=S(=O)(c1cccc(F)c1)N(CCCO)C1CCC1. The van der Waals surface area contributed by atoms with Crippen LogP contribution in [0.5, 0.6) is 0 Å². The molecule has 106 valence electrons. The fourth-order valence-corrected chi connectivity index (χ4v) is 3.92. The van der Waals surface area contributed by atoms with Gasteiger partial charge in [-0.25, -0.2) is 12.8 Å². The highest BCUT2D eigenvalue weighted by molar-refractivity contribution is 7.89. The number of aliphatic hydroxyl groups excluding tert-OH is 1. The van der Waals surface area contributed by atoms with Gasteiger partial charge in [0.05, 0.1) is 4.90 Å². The highest BCUT2D eigenvalue weighted by atomic mass is 32.2. The first-order valence-corrected chi connectivity index (χ1v) is 7.88. The van der Waals surface area contributed by atoms with Crippen molar-refractivity contribution < 1.29 is 17.9 Å². The molecule has 1 N–H and O–H groups in total. The minimum Gasteiger partial charge on any atom is -0.396 e. The lowest BCUT2D eigenvalue weighted by atomic mass is 9.93. The van der Waals surface area contributed by atoms with Gasteiger partial charge in [0.25, 0.3) is 0 Å². The Morgan fingerprint density at radius 2 is 2.11 bits per heavy atom. The van der Waals surface area contributed by atoms with Crippen molar-refractivity contribution in [3.63, 3.8) is 0 Å². The number of halogens is 1. The molecule has 1 aromatic rings. The number of hydrogen-bond donors (Lipinski definition) is 1. The quantitative estimate of drug-likeness (QED) is 0.867. The lowest BCUT2D eigenvalue weighted by Gasteiger charge is -2.36. The van der Waals surface area contributed by atoms with Crippen LogP contribution in [0.1, 0.15) is 25.7 Å². The summed E-state index contributed by atoms with van der Waals surface area (Å²) in [6, 6.07) is 5.05. The van der Waals surface area contributed by atoms with E-state index in [1.807, 2.05) is 0 Å². The Labute approximate surface area is 112 Å². The summed E-state index contributed by atoms with van der Waals surface area (Å²) in [5.74, 6) is -0.559. The van der Waals surface area contributed by atoms with Crippen LogP contribution in [0.25, 0.3) is 0 Å². The molecule has 1 aromatic carbocycles. The van der Waals surface area contributed by atoms with E-state index in [0.29, 0.717) is 6.42 Å². The van der Waals surface area contributed by atoms with Crippen LogP contribution in [0.4, 0.5) is 4.39 Å². The average Bonchev–Trinajstić information content (AvgIpc) is 2.31. The molecule has 0 radical (unpaired) electrons. The predicted octanol–water partition coefficient (Wildman–Crippen LogP) is 1.75. The zero-order valence-corrected chi connectivity index (χ0v) is 11.4. The normalized spacial score (nSPS) is 16.6. The van der Waals surface area contributed by atoms with E-state index < -0.39 is 15.8 Å². The molecule has 1 fully saturated rings. The Morgan fingerprint density at radius 3 is 2.63 bits per heavy atom. The molecule has 1 aliphatic carbocycles. The molecule has 0 saturated heterocycles. The molecule has 0 atom stereocenters. The van der Waals surface area contributed by atoms with Crippen LogP contribution in [0.3, 0.4) is 0 Å². The van der Waals surface area contributed by atoms with Crippen molar-refractivity contribution in [2.24, 2.45) is 0 Å². The van der Waals surface area contributed by atoms with Gasteiger partial charge >= 0.3 is 0 Å². The van der Waals surface area contributed by atoms with E-state index in [1.54, 1.807) is 0 Å². The fourth-order valence-electron chi connectivity index (χ4n) is 2.16. The maximum Gasteiger partial charge on any atom is 0.243 e. The highest BCUT2D eigenvalue weighted by Gasteiger charge is 2.34. The van der Waals surface area contributed by atoms with Crippen LogP contribution in [0, 0.1) is 5.82 Å². The van der Waals surface area contributed by atoms with E-state index in [9.17, 15) is 12.8 Å². The van der Waals surface area contributed by atoms with Crippen molar-refractivity contribution in [2.75, 3.05) is 13.2 Å². The first kappa shape index (κ1) is 14.4. The summed E-state index contributed by atoms with van der Waals surface area (Å²) in [4.78, 5) is -0.0164. The van der Waals surface area contributed by atoms with Crippen molar-refractivity contribution in [3.05, 3.63) is 30.1 Å². The van der Waals surface area contributed by atoms with Crippen molar-refractivity contribution >= 4 is 10.0 Å². The number of sulfonamides is 1. The molecule has 0 amide bonds. The molecule has 19 heavy (non-hydrogen) atoms. The Morgan fingerprint density at radius 1 is 1.37 bits per heavy atom. The molecule has 6 heteroatoms. The molecule has 1 saturated carbocycles. The van der Waals surface area contributed by atoms with Gasteiger partial charge in [-0.1, -0.05) is 12.5 Å². The largest absolute Gasteiger partial charge is 0.396 e. The smallest absolute Gasteiger partial charge is 0.243 e. The van der Waals surface area contributed by atoms with Crippen molar-refractivity contribution in [3.8, 4) is 0 Å². The summed E-state index contributed by atoms with van der Waals surface area (Å²) < 4.78 is 39.6. The standard InChI is InChI=1S/C13H18FNO3S/c14-11-4-1-7-13(10-11)19(17,18)15(8-3-9-16)12-5-2-6-12/h1,4,7,10,12,16H,2-3,5-6,8-9H2. The number of nitrogens with zero attached hydrogens (tertiary/aromatic N) is 1. The molecule has 0 heterocycles. The molecular formula is C13H18FNO3S.